The van der Waals surface area contributed by atoms with Crippen LogP contribution in [0.2, 0.25) is 0 Å². The number of benzene rings is 2. The van der Waals surface area contributed by atoms with E-state index in [0.29, 0.717) is 11.4 Å². The highest BCUT2D eigenvalue weighted by Gasteiger charge is 2.35. The van der Waals surface area contributed by atoms with Gasteiger partial charge >= 0.3 is 0 Å². The quantitative estimate of drug-likeness (QED) is 0.380. The molecule has 1 aliphatic rings. The minimum absolute atomic E-state index is 0.136. The summed E-state index contributed by atoms with van der Waals surface area (Å²) in [5.74, 6) is -0.633. The van der Waals surface area contributed by atoms with Crippen molar-refractivity contribution in [1.82, 2.24) is 20.3 Å². The van der Waals surface area contributed by atoms with Crippen LogP contribution in [0.1, 0.15) is 31.8 Å². The molecule has 2 aromatic heterocycles. The number of hydrogen-bond acceptors (Lipinski definition) is 8. The Labute approximate surface area is 217 Å². The first-order valence-electron chi connectivity index (χ1n) is 11.8. The summed E-state index contributed by atoms with van der Waals surface area (Å²) >= 11 is 0. The van der Waals surface area contributed by atoms with Crippen LogP contribution in [-0.2, 0) is 0 Å². The summed E-state index contributed by atoms with van der Waals surface area (Å²) in [6, 6.07) is 17.0. The average molecular weight is 509 g/mol. The Bertz CT molecular complexity index is 1550. The zero-order valence-corrected chi connectivity index (χ0v) is 20.0. The van der Waals surface area contributed by atoms with Crippen LogP contribution in [-0.4, -0.2) is 57.0 Å². The van der Waals surface area contributed by atoms with Crippen LogP contribution in [0.3, 0.4) is 0 Å². The van der Waals surface area contributed by atoms with Gasteiger partial charge in [0.1, 0.15) is 11.6 Å². The molecule has 188 valence electrons. The minimum Gasteiger partial charge on any atom is -0.389 e. The molecule has 1 amide bonds. The number of nitrogens with one attached hydrogen (secondary N) is 1. The molecule has 5 rings (SSSR count). The monoisotopic (exact) mass is 508 g/mol. The van der Waals surface area contributed by atoms with E-state index in [-0.39, 0.29) is 47.0 Å². The number of aromatic nitrogens is 3. The highest BCUT2D eigenvalue weighted by atomic mass is 19.1. The number of carbonyl (C=O) groups is 2. The van der Waals surface area contributed by atoms with E-state index in [1.165, 1.54) is 30.7 Å². The molecule has 0 unspecified atom stereocenters. The summed E-state index contributed by atoms with van der Waals surface area (Å²) in [6.45, 7) is 0.337. The number of aliphatic hydroxyl groups is 1. The van der Waals surface area contributed by atoms with Crippen molar-refractivity contribution >= 4 is 17.5 Å². The molecule has 10 heteroatoms. The number of hydrogen-bond donors (Lipinski definition) is 2. The lowest BCUT2D eigenvalue weighted by Gasteiger charge is -2.20. The number of pyridine rings is 1. The third-order valence-electron chi connectivity index (χ3n) is 6.23. The van der Waals surface area contributed by atoms with Gasteiger partial charge in [0.25, 0.3) is 5.91 Å². The zero-order chi connectivity index (χ0) is 26.6. The van der Waals surface area contributed by atoms with Gasteiger partial charge in [-0.25, -0.2) is 19.3 Å². The standard InChI is InChI=1S/C28H21FN6O3/c29-20-7-3-6-17(11-20)26-32-13-19(14-33-26)28(38)34-23-15-35(16-24(23)36)27-22(9-4-10-31-27)25(37)21-8-2-1-5-18(21)12-30/h1-11,13-14,23-24,36H,15-16H2,(H,34,38)/t23-,24+/m1/s1. The molecule has 4 aromatic rings. The van der Waals surface area contributed by atoms with E-state index in [4.69, 9.17) is 0 Å². The normalized spacial score (nSPS) is 16.6. The summed E-state index contributed by atoms with van der Waals surface area (Å²) in [6.07, 6.45) is 3.29. The summed E-state index contributed by atoms with van der Waals surface area (Å²) in [4.78, 5) is 40.5. The Hall–Kier alpha value is -5.01. The number of rotatable bonds is 6. The molecule has 1 aliphatic heterocycles. The van der Waals surface area contributed by atoms with Gasteiger partial charge in [-0.05, 0) is 36.4 Å². The van der Waals surface area contributed by atoms with Gasteiger partial charge in [-0.1, -0.05) is 24.3 Å². The van der Waals surface area contributed by atoms with Crippen molar-refractivity contribution in [2.24, 2.45) is 0 Å². The molecule has 0 spiro atoms. The largest absolute Gasteiger partial charge is 0.389 e. The number of carbonyl (C=O) groups excluding carboxylic acids is 2. The number of nitrogens with zero attached hydrogens (tertiary/aromatic N) is 5. The van der Waals surface area contributed by atoms with Crippen molar-refractivity contribution < 1.29 is 19.1 Å². The molecule has 9 nitrogen and oxygen atoms in total. The molecule has 38 heavy (non-hydrogen) atoms. The van der Waals surface area contributed by atoms with Gasteiger partial charge in [0.05, 0.1) is 34.9 Å². The molecule has 2 atom stereocenters. The van der Waals surface area contributed by atoms with E-state index in [2.05, 4.69) is 20.3 Å². The lowest BCUT2D eigenvalue weighted by atomic mass is 9.99. The highest BCUT2D eigenvalue weighted by molar-refractivity contribution is 6.13. The van der Waals surface area contributed by atoms with Crippen LogP contribution in [0.4, 0.5) is 10.2 Å². The van der Waals surface area contributed by atoms with Crippen molar-refractivity contribution in [2.45, 2.75) is 12.1 Å². The Morgan fingerprint density at radius 2 is 1.76 bits per heavy atom. The van der Waals surface area contributed by atoms with E-state index < -0.39 is 23.9 Å². The van der Waals surface area contributed by atoms with Crippen LogP contribution in [0.25, 0.3) is 11.4 Å². The Morgan fingerprint density at radius 3 is 2.53 bits per heavy atom. The van der Waals surface area contributed by atoms with Crippen LogP contribution in [0, 0.1) is 17.1 Å². The topological polar surface area (TPSA) is 132 Å². The fourth-order valence-electron chi connectivity index (χ4n) is 4.33. The molecule has 0 saturated carbocycles. The fourth-order valence-corrected chi connectivity index (χ4v) is 4.33. The van der Waals surface area contributed by atoms with E-state index in [1.54, 1.807) is 53.4 Å². The summed E-state index contributed by atoms with van der Waals surface area (Å²) in [5, 5.41) is 22.9. The summed E-state index contributed by atoms with van der Waals surface area (Å²) in [5.41, 5.74) is 1.46. The molecule has 0 bridgehead atoms. The summed E-state index contributed by atoms with van der Waals surface area (Å²) in [7, 11) is 0. The maximum absolute atomic E-state index is 13.5. The third-order valence-corrected chi connectivity index (χ3v) is 6.23. The molecule has 0 radical (unpaired) electrons. The van der Waals surface area contributed by atoms with E-state index in [9.17, 15) is 24.3 Å². The highest BCUT2D eigenvalue weighted by Crippen LogP contribution is 2.26. The van der Waals surface area contributed by atoms with Crippen molar-refractivity contribution in [3.63, 3.8) is 0 Å². The maximum Gasteiger partial charge on any atom is 0.254 e. The molecular formula is C28H21FN6O3. The van der Waals surface area contributed by atoms with Crippen molar-refractivity contribution in [3.05, 3.63) is 107 Å². The van der Waals surface area contributed by atoms with Crippen LogP contribution < -0.4 is 10.2 Å². The van der Waals surface area contributed by atoms with Gasteiger partial charge in [-0.3, -0.25) is 9.59 Å². The Balaban J connectivity index is 1.31. The molecular weight excluding hydrogens is 487 g/mol. The van der Waals surface area contributed by atoms with Gasteiger partial charge in [-0.15, -0.1) is 0 Å². The van der Waals surface area contributed by atoms with Crippen molar-refractivity contribution in [2.75, 3.05) is 18.0 Å². The molecule has 1 fully saturated rings. The van der Waals surface area contributed by atoms with E-state index in [0.717, 1.165) is 0 Å². The molecule has 1 saturated heterocycles. The molecule has 0 aliphatic carbocycles. The maximum atomic E-state index is 13.5. The summed E-state index contributed by atoms with van der Waals surface area (Å²) < 4.78 is 13.5. The Kier molecular flexibility index (Phi) is 6.84. The lowest BCUT2D eigenvalue weighted by Crippen LogP contribution is -2.43. The second-order valence-corrected chi connectivity index (χ2v) is 8.72. The number of ketones is 1. The van der Waals surface area contributed by atoms with Crippen LogP contribution >= 0.6 is 0 Å². The zero-order valence-electron chi connectivity index (χ0n) is 20.0. The van der Waals surface area contributed by atoms with Crippen LogP contribution in [0.5, 0.6) is 0 Å². The predicted molar refractivity (Wildman–Crippen MR) is 136 cm³/mol. The molecule has 2 aromatic carbocycles. The van der Waals surface area contributed by atoms with Crippen LogP contribution in [0.15, 0.2) is 79.3 Å². The van der Waals surface area contributed by atoms with Crippen molar-refractivity contribution in [1.29, 1.82) is 5.26 Å². The number of aliphatic hydroxyl groups excluding tert-OH is 1. The number of anilines is 1. The average Bonchev–Trinajstić information content (AvgIpc) is 3.32. The SMILES string of the molecule is N#Cc1ccccc1C(=O)c1cccnc1N1C[C@H](O)[C@H](NC(=O)c2cnc(-c3cccc(F)c3)nc2)C1. The third kappa shape index (κ3) is 4.96. The molecule has 2 N–H and O–H groups in total. The number of halogens is 1. The van der Waals surface area contributed by atoms with Crippen molar-refractivity contribution in [3.8, 4) is 17.5 Å². The van der Waals surface area contributed by atoms with Gasteiger partial charge in [0.2, 0.25) is 0 Å². The Morgan fingerprint density at radius 1 is 1.00 bits per heavy atom. The predicted octanol–water partition coefficient (Wildman–Crippen LogP) is 2.76. The number of nitriles is 1. The van der Waals surface area contributed by atoms with Gasteiger partial charge in [0.15, 0.2) is 11.6 Å². The first-order valence-corrected chi connectivity index (χ1v) is 11.8. The first kappa shape index (κ1) is 24.7. The van der Waals surface area contributed by atoms with Gasteiger partial charge in [0, 0.05) is 42.8 Å². The number of amides is 1. The molecule has 3 heterocycles. The van der Waals surface area contributed by atoms with Gasteiger partial charge in [-0.2, -0.15) is 5.26 Å². The fraction of sp³-hybridized carbons (Fsp3) is 0.143. The van der Waals surface area contributed by atoms with E-state index in [1.807, 2.05) is 6.07 Å². The van der Waals surface area contributed by atoms with Gasteiger partial charge < -0.3 is 15.3 Å². The lowest BCUT2D eigenvalue weighted by molar-refractivity contribution is 0.0887. The number of β-amino-alcohol motifs (C(OH)–C–C–N with tert-alkyl or cyclic N) is 1. The second kappa shape index (κ2) is 10.5. The smallest absolute Gasteiger partial charge is 0.254 e. The van der Waals surface area contributed by atoms with E-state index >= 15 is 0 Å². The first-order chi connectivity index (χ1) is 18.4. The minimum atomic E-state index is -0.928. The second-order valence-electron chi connectivity index (χ2n) is 8.72.